The third kappa shape index (κ3) is 7.85. The molecule has 1 aromatic rings. The molecule has 2 rings (SSSR count). The van der Waals surface area contributed by atoms with E-state index in [1.165, 1.54) is 57.3 Å². The van der Waals surface area contributed by atoms with Crippen molar-refractivity contribution in [1.29, 1.82) is 0 Å². The van der Waals surface area contributed by atoms with Crippen molar-refractivity contribution < 1.29 is 21.5 Å². The Labute approximate surface area is 164 Å². The number of aliphatic imine (C=N–C) groups is 2. The van der Waals surface area contributed by atoms with E-state index in [0.717, 1.165) is 24.0 Å². The van der Waals surface area contributed by atoms with Crippen LogP contribution >= 0.6 is 0 Å². The van der Waals surface area contributed by atoms with Crippen LogP contribution in [0.2, 0.25) is 0 Å². The van der Waals surface area contributed by atoms with Gasteiger partial charge < -0.3 is 21.5 Å². The van der Waals surface area contributed by atoms with Crippen molar-refractivity contribution in [1.82, 2.24) is 0 Å². The molecule has 0 radical (unpaired) electrons. The minimum atomic E-state index is 0. The molecule has 0 bridgehead atoms. The van der Waals surface area contributed by atoms with Gasteiger partial charge in [-0.2, -0.15) is 0 Å². The summed E-state index contributed by atoms with van der Waals surface area (Å²) in [6.07, 6.45) is 7.58. The van der Waals surface area contributed by atoms with Gasteiger partial charge in [0.15, 0.2) is 0 Å². The molecule has 0 atom stereocenters. The second kappa shape index (κ2) is 12.4. The van der Waals surface area contributed by atoms with E-state index in [0.29, 0.717) is 6.04 Å². The first-order valence-corrected chi connectivity index (χ1v) is 9.78. The fraction of sp³-hybridized carbons (Fsp3) is 0.667. The van der Waals surface area contributed by atoms with Gasteiger partial charge in [0.25, 0.3) is 0 Å². The molecule has 0 heterocycles. The van der Waals surface area contributed by atoms with Gasteiger partial charge in [-0.05, 0) is 26.7 Å². The van der Waals surface area contributed by atoms with E-state index >= 15 is 0 Å². The van der Waals surface area contributed by atoms with Crippen molar-refractivity contribution in [2.24, 2.45) is 9.98 Å². The normalized spacial score (nSPS) is 15.1. The van der Waals surface area contributed by atoms with Crippen LogP contribution in [0.5, 0.6) is 0 Å². The number of halogens is 1. The Morgan fingerprint density at radius 2 is 1.72 bits per heavy atom. The van der Waals surface area contributed by atoms with Crippen LogP contribution in [-0.2, 0) is 6.54 Å². The Hall–Kier alpha value is -0.960. The van der Waals surface area contributed by atoms with E-state index < -0.39 is 0 Å². The zero-order valence-corrected chi connectivity index (χ0v) is 17.5. The van der Waals surface area contributed by atoms with Gasteiger partial charge in [0.1, 0.15) is 6.54 Å². The van der Waals surface area contributed by atoms with Crippen molar-refractivity contribution in [2.75, 3.05) is 26.2 Å². The zero-order valence-electron chi connectivity index (χ0n) is 16.0. The second-order valence-corrected chi connectivity index (χ2v) is 7.10. The lowest BCUT2D eigenvalue weighted by atomic mass is 9.96. The number of quaternary nitrogens is 1. The van der Waals surface area contributed by atoms with Crippen LogP contribution in [0.4, 0.5) is 0 Å². The molecule has 1 saturated carbocycles. The SMILES string of the molecule is CC[N+](CC)(CCCN=C=NC1CCCCC1)Cc1ccccc1.[Br-]. The summed E-state index contributed by atoms with van der Waals surface area (Å²) in [6, 6.07) is 14.3. The van der Waals surface area contributed by atoms with Crippen molar-refractivity contribution in [3.63, 3.8) is 0 Å². The minimum Gasteiger partial charge on any atom is -1.00 e. The molecule has 0 spiro atoms. The molecule has 1 aromatic carbocycles. The van der Waals surface area contributed by atoms with Crippen molar-refractivity contribution >= 4 is 6.01 Å². The zero-order chi connectivity index (χ0) is 17.1. The van der Waals surface area contributed by atoms with Gasteiger partial charge >= 0.3 is 0 Å². The second-order valence-electron chi connectivity index (χ2n) is 7.10. The average molecular weight is 408 g/mol. The van der Waals surface area contributed by atoms with Crippen LogP contribution < -0.4 is 17.0 Å². The van der Waals surface area contributed by atoms with Crippen LogP contribution in [0.1, 0.15) is 57.9 Å². The summed E-state index contributed by atoms with van der Waals surface area (Å²) in [5.41, 5.74) is 1.43. The molecule has 4 heteroatoms. The smallest absolute Gasteiger partial charge is 0.104 e. The minimum absolute atomic E-state index is 0. The van der Waals surface area contributed by atoms with Crippen molar-refractivity contribution in [3.05, 3.63) is 35.9 Å². The van der Waals surface area contributed by atoms with E-state index in [1.54, 1.807) is 0 Å². The van der Waals surface area contributed by atoms with Gasteiger partial charge in [-0.1, -0.05) is 49.6 Å². The number of nitrogens with zero attached hydrogens (tertiary/aromatic N) is 3. The Bertz CT molecular complexity index is 513. The summed E-state index contributed by atoms with van der Waals surface area (Å²) < 4.78 is 1.14. The largest absolute Gasteiger partial charge is 1.00 e. The number of benzene rings is 1. The quantitative estimate of drug-likeness (QED) is 0.339. The van der Waals surface area contributed by atoms with Crippen LogP contribution in [0.15, 0.2) is 40.3 Å². The highest BCUT2D eigenvalue weighted by atomic mass is 79.9. The van der Waals surface area contributed by atoms with Gasteiger partial charge in [-0.3, -0.25) is 0 Å². The molecule has 0 N–H and O–H groups in total. The van der Waals surface area contributed by atoms with E-state index in [-0.39, 0.29) is 17.0 Å². The fourth-order valence-corrected chi connectivity index (χ4v) is 3.68. The topological polar surface area (TPSA) is 24.7 Å². The highest BCUT2D eigenvalue weighted by molar-refractivity contribution is 5.41. The van der Waals surface area contributed by atoms with Crippen molar-refractivity contribution in [3.8, 4) is 0 Å². The third-order valence-corrected chi connectivity index (χ3v) is 5.49. The molecule has 1 aliphatic carbocycles. The molecule has 1 aliphatic rings. The maximum atomic E-state index is 4.50. The lowest BCUT2D eigenvalue weighted by Crippen LogP contribution is -3.00. The lowest BCUT2D eigenvalue weighted by Gasteiger charge is -2.37. The van der Waals surface area contributed by atoms with Gasteiger partial charge in [0.2, 0.25) is 0 Å². The molecule has 0 aromatic heterocycles. The van der Waals surface area contributed by atoms with Crippen LogP contribution in [0.3, 0.4) is 0 Å². The van der Waals surface area contributed by atoms with Crippen LogP contribution in [0, 0.1) is 0 Å². The Morgan fingerprint density at radius 3 is 2.36 bits per heavy atom. The molecular weight excluding hydrogens is 374 g/mol. The standard InChI is InChI=1S/C21H34N3.BrH/c1-3-24(4-2,18-20-12-7-5-8-13-20)17-11-16-22-19-23-21-14-9-6-10-15-21;/h5,7-8,12-13,21H,3-4,6,9-11,14-18H2,1-2H3;1H/q+1;/p-1. The monoisotopic (exact) mass is 407 g/mol. The van der Waals surface area contributed by atoms with E-state index in [4.69, 9.17) is 0 Å². The lowest BCUT2D eigenvalue weighted by molar-refractivity contribution is -0.937. The van der Waals surface area contributed by atoms with E-state index in [9.17, 15) is 0 Å². The molecule has 0 unspecified atom stereocenters. The summed E-state index contributed by atoms with van der Waals surface area (Å²) in [4.78, 5) is 8.92. The summed E-state index contributed by atoms with van der Waals surface area (Å²) in [6.45, 7) is 10.1. The maximum Gasteiger partial charge on any atom is 0.104 e. The van der Waals surface area contributed by atoms with E-state index in [1.807, 2.05) is 0 Å². The Morgan fingerprint density at radius 1 is 1.04 bits per heavy atom. The first-order valence-electron chi connectivity index (χ1n) is 9.78. The molecule has 3 nitrogen and oxygen atoms in total. The molecule has 25 heavy (non-hydrogen) atoms. The summed E-state index contributed by atoms with van der Waals surface area (Å²) >= 11 is 0. The van der Waals surface area contributed by atoms with Gasteiger partial charge in [-0.25, -0.2) is 9.98 Å². The van der Waals surface area contributed by atoms with Crippen LogP contribution in [-0.4, -0.2) is 42.7 Å². The van der Waals surface area contributed by atoms with Gasteiger partial charge in [0, 0.05) is 12.0 Å². The van der Waals surface area contributed by atoms with E-state index in [2.05, 4.69) is 60.2 Å². The molecule has 0 aliphatic heterocycles. The first kappa shape index (κ1) is 22.1. The highest BCUT2D eigenvalue weighted by Crippen LogP contribution is 2.19. The average Bonchev–Trinajstić information content (AvgIpc) is 2.65. The molecule has 1 fully saturated rings. The molecule has 140 valence electrons. The maximum absolute atomic E-state index is 4.50. The van der Waals surface area contributed by atoms with Gasteiger partial charge in [-0.15, -0.1) is 0 Å². The number of rotatable bonds is 9. The fourth-order valence-electron chi connectivity index (χ4n) is 3.68. The molecular formula is C21H34BrN3. The summed E-state index contributed by atoms with van der Waals surface area (Å²) in [5.74, 6) is 0. The summed E-state index contributed by atoms with van der Waals surface area (Å²) in [7, 11) is 0. The molecule has 0 amide bonds. The predicted molar refractivity (Wildman–Crippen MR) is 103 cm³/mol. The highest BCUT2D eigenvalue weighted by Gasteiger charge is 2.22. The predicted octanol–water partition coefficient (Wildman–Crippen LogP) is 1.94. The Kier molecular flexibility index (Phi) is 11.0. The van der Waals surface area contributed by atoms with Gasteiger partial charge in [0.05, 0.1) is 38.2 Å². The van der Waals surface area contributed by atoms with Crippen molar-refractivity contribution in [2.45, 2.75) is 65.0 Å². The first-order chi connectivity index (χ1) is 11.8. The van der Waals surface area contributed by atoms with Crippen LogP contribution in [0.25, 0.3) is 0 Å². The number of hydrogen-bond donors (Lipinski definition) is 0. The Balaban J connectivity index is 0.00000312. The molecule has 0 saturated heterocycles. The summed E-state index contributed by atoms with van der Waals surface area (Å²) in [5, 5.41) is 0. The third-order valence-electron chi connectivity index (χ3n) is 5.49. The number of hydrogen-bond acceptors (Lipinski definition) is 2.